The number of nitrogens with zero attached hydrogens (tertiary/aromatic N) is 1. The topological polar surface area (TPSA) is 86.7 Å². The van der Waals surface area contributed by atoms with Crippen LogP contribution in [0.1, 0.15) is 23.7 Å². The molecule has 0 saturated heterocycles. The summed E-state index contributed by atoms with van der Waals surface area (Å²) in [4.78, 5) is 35.7. The second-order valence-electron chi connectivity index (χ2n) is 4.52. The molecule has 6 nitrogen and oxygen atoms in total. The molecule has 1 aromatic carbocycles. The summed E-state index contributed by atoms with van der Waals surface area (Å²) >= 11 is 11.6. The summed E-state index contributed by atoms with van der Waals surface area (Å²) in [6.45, 7) is 1.46. The van der Waals surface area contributed by atoms with E-state index in [1.54, 1.807) is 0 Å². The highest BCUT2D eigenvalue weighted by Gasteiger charge is 2.17. The zero-order valence-electron chi connectivity index (χ0n) is 11.9. The smallest absolute Gasteiger partial charge is 0.323 e. The van der Waals surface area contributed by atoms with Gasteiger partial charge < -0.3 is 15.3 Å². The van der Waals surface area contributed by atoms with Gasteiger partial charge in [-0.1, -0.05) is 30.1 Å². The number of rotatable bonds is 7. The number of aliphatic carboxylic acids is 1. The number of hydrogen-bond acceptors (Lipinski definition) is 3. The van der Waals surface area contributed by atoms with Gasteiger partial charge >= 0.3 is 5.97 Å². The molecule has 2 N–H and O–H groups in total. The Morgan fingerprint density at radius 1 is 1.23 bits per heavy atom. The van der Waals surface area contributed by atoms with Crippen molar-refractivity contribution in [1.29, 1.82) is 0 Å². The van der Waals surface area contributed by atoms with E-state index in [0.29, 0.717) is 18.0 Å². The average Bonchev–Trinajstić information content (AvgIpc) is 2.46. The fourth-order valence-electron chi connectivity index (χ4n) is 1.73. The van der Waals surface area contributed by atoms with Crippen LogP contribution in [0.5, 0.6) is 0 Å². The number of carbonyl (C=O) groups excluding carboxylic acids is 2. The van der Waals surface area contributed by atoms with Crippen LogP contribution in [0.15, 0.2) is 18.2 Å². The molecule has 0 heterocycles. The van der Waals surface area contributed by atoms with Crippen LogP contribution in [0, 0.1) is 0 Å². The lowest BCUT2D eigenvalue weighted by atomic mass is 10.2. The zero-order chi connectivity index (χ0) is 16.7. The van der Waals surface area contributed by atoms with E-state index < -0.39 is 24.3 Å². The fourth-order valence-corrected chi connectivity index (χ4v) is 2.03. The summed E-state index contributed by atoms with van der Waals surface area (Å²) in [5, 5.41) is 11.8. The van der Waals surface area contributed by atoms with Crippen molar-refractivity contribution in [2.75, 3.05) is 19.6 Å². The Labute approximate surface area is 138 Å². The number of halogens is 2. The van der Waals surface area contributed by atoms with Gasteiger partial charge in [-0.15, -0.1) is 0 Å². The number of benzene rings is 1. The minimum Gasteiger partial charge on any atom is -0.480 e. The zero-order valence-corrected chi connectivity index (χ0v) is 13.4. The van der Waals surface area contributed by atoms with Crippen LogP contribution in [-0.4, -0.2) is 47.4 Å². The molecule has 0 aromatic heterocycles. The Morgan fingerprint density at radius 2 is 1.91 bits per heavy atom. The molecule has 0 spiro atoms. The molecule has 0 bridgehead atoms. The highest BCUT2D eigenvalue weighted by molar-refractivity contribution is 6.42. The van der Waals surface area contributed by atoms with Gasteiger partial charge in [0.05, 0.1) is 16.6 Å². The second kappa shape index (κ2) is 8.60. The molecule has 2 amide bonds. The Hall–Kier alpha value is -1.79. The van der Waals surface area contributed by atoms with E-state index in [-0.39, 0.29) is 17.1 Å². The molecule has 0 aliphatic carbocycles. The van der Waals surface area contributed by atoms with E-state index in [2.05, 4.69) is 5.32 Å². The molecule has 0 fully saturated rings. The van der Waals surface area contributed by atoms with Crippen molar-refractivity contribution < 1.29 is 19.5 Å². The minimum atomic E-state index is -1.10. The molecule has 0 unspecified atom stereocenters. The molecule has 1 aromatic rings. The predicted octanol–water partition coefficient (Wildman–Crippen LogP) is 2.05. The van der Waals surface area contributed by atoms with E-state index in [1.807, 2.05) is 6.92 Å². The van der Waals surface area contributed by atoms with Gasteiger partial charge in [0.2, 0.25) is 5.91 Å². The maximum atomic E-state index is 11.9. The second-order valence-corrected chi connectivity index (χ2v) is 5.33. The third-order valence-corrected chi connectivity index (χ3v) is 3.49. The Balaban J connectivity index is 2.62. The monoisotopic (exact) mass is 346 g/mol. The van der Waals surface area contributed by atoms with Crippen molar-refractivity contribution in [3.8, 4) is 0 Å². The normalized spacial score (nSPS) is 10.1. The van der Waals surface area contributed by atoms with Crippen LogP contribution in [-0.2, 0) is 9.59 Å². The van der Waals surface area contributed by atoms with Crippen LogP contribution < -0.4 is 5.32 Å². The van der Waals surface area contributed by atoms with Crippen LogP contribution in [0.25, 0.3) is 0 Å². The van der Waals surface area contributed by atoms with Gasteiger partial charge in [0, 0.05) is 12.1 Å². The van der Waals surface area contributed by atoms with E-state index in [9.17, 15) is 14.4 Å². The van der Waals surface area contributed by atoms with Crippen LogP contribution in [0.2, 0.25) is 10.0 Å². The van der Waals surface area contributed by atoms with Gasteiger partial charge in [0.15, 0.2) is 0 Å². The number of amides is 2. The molecule has 0 atom stereocenters. The van der Waals surface area contributed by atoms with Crippen molar-refractivity contribution in [1.82, 2.24) is 10.2 Å². The largest absolute Gasteiger partial charge is 0.480 e. The number of carboxylic acid groups (broad SMARTS) is 1. The van der Waals surface area contributed by atoms with E-state index in [4.69, 9.17) is 28.3 Å². The summed E-state index contributed by atoms with van der Waals surface area (Å²) in [6.07, 6.45) is 0.625. The first kappa shape index (κ1) is 18.3. The minimum absolute atomic E-state index is 0.235. The van der Waals surface area contributed by atoms with Gasteiger partial charge in [-0.3, -0.25) is 14.4 Å². The summed E-state index contributed by atoms with van der Waals surface area (Å²) in [6, 6.07) is 4.36. The molecule has 1 rings (SSSR count). The lowest BCUT2D eigenvalue weighted by Gasteiger charge is -2.20. The van der Waals surface area contributed by atoms with Crippen molar-refractivity contribution in [2.45, 2.75) is 13.3 Å². The van der Waals surface area contributed by atoms with Gasteiger partial charge in [-0.25, -0.2) is 0 Å². The third-order valence-electron chi connectivity index (χ3n) is 2.75. The maximum absolute atomic E-state index is 11.9. The van der Waals surface area contributed by atoms with E-state index in [0.717, 1.165) is 0 Å². The number of carboxylic acids is 1. The Bertz CT molecular complexity index is 578. The molecule has 0 aliphatic rings. The SMILES string of the molecule is CCCN(CC(=O)O)C(=O)CNC(=O)c1ccc(Cl)c(Cl)c1. The number of nitrogens with one attached hydrogen (secondary N) is 1. The average molecular weight is 347 g/mol. The first-order valence-corrected chi connectivity index (χ1v) is 7.33. The predicted molar refractivity (Wildman–Crippen MR) is 83.3 cm³/mol. The first-order valence-electron chi connectivity index (χ1n) is 6.58. The standard InChI is InChI=1S/C14H16Cl2N2O4/c1-2-5-18(8-13(20)21)12(19)7-17-14(22)9-3-4-10(15)11(16)6-9/h3-4,6H,2,5,7-8H2,1H3,(H,17,22)(H,20,21). The summed E-state index contributed by atoms with van der Waals surface area (Å²) in [5.74, 6) is -2.05. The van der Waals surface area contributed by atoms with Crippen LogP contribution in [0.3, 0.4) is 0 Å². The number of carbonyl (C=O) groups is 3. The van der Waals surface area contributed by atoms with Crippen molar-refractivity contribution in [2.24, 2.45) is 0 Å². The highest BCUT2D eigenvalue weighted by Crippen LogP contribution is 2.22. The molecule has 0 radical (unpaired) electrons. The number of hydrogen-bond donors (Lipinski definition) is 2. The molecule has 0 saturated carbocycles. The van der Waals surface area contributed by atoms with E-state index >= 15 is 0 Å². The first-order chi connectivity index (χ1) is 10.3. The van der Waals surface area contributed by atoms with Gasteiger partial charge in [-0.05, 0) is 24.6 Å². The van der Waals surface area contributed by atoms with Gasteiger partial charge in [0.1, 0.15) is 6.54 Å². The Kier molecular flexibility index (Phi) is 7.14. The lowest BCUT2D eigenvalue weighted by molar-refractivity contribution is -0.144. The quantitative estimate of drug-likeness (QED) is 0.790. The summed E-state index contributed by atoms with van der Waals surface area (Å²) in [5.41, 5.74) is 0.266. The van der Waals surface area contributed by atoms with Gasteiger partial charge in [0.25, 0.3) is 5.91 Å². The van der Waals surface area contributed by atoms with Crippen molar-refractivity contribution in [3.63, 3.8) is 0 Å². The van der Waals surface area contributed by atoms with Gasteiger partial charge in [-0.2, -0.15) is 0 Å². The molecular weight excluding hydrogens is 331 g/mol. The molecule has 0 aliphatic heterocycles. The van der Waals surface area contributed by atoms with Crippen LogP contribution in [0.4, 0.5) is 0 Å². The van der Waals surface area contributed by atoms with Crippen LogP contribution >= 0.6 is 23.2 Å². The fraction of sp³-hybridized carbons (Fsp3) is 0.357. The lowest BCUT2D eigenvalue weighted by Crippen LogP contribution is -2.42. The summed E-state index contributed by atoms with van der Waals surface area (Å²) in [7, 11) is 0. The molecule has 8 heteroatoms. The van der Waals surface area contributed by atoms with Crippen molar-refractivity contribution in [3.05, 3.63) is 33.8 Å². The highest BCUT2D eigenvalue weighted by atomic mass is 35.5. The molecular formula is C14H16Cl2N2O4. The third kappa shape index (κ3) is 5.54. The van der Waals surface area contributed by atoms with Crippen molar-refractivity contribution >= 4 is 41.0 Å². The Morgan fingerprint density at radius 3 is 2.45 bits per heavy atom. The van der Waals surface area contributed by atoms with E-state index in [1.165, 1.54) is 23.1 Å². The molecule has 22 heavy (non-hydrogen) atoms. The maximum Gasteiger partial charge on any atom is 0.323 e. The molecule has 120 valence electrons. The summed E-state index contributed by atoms with van der Waals surface area (Å²) < 4.78 is 0.